The minimum Gasteiger partial charge on any atom is -0.467 e. The fourth-order valence-corrected chi connectivity index (χ4v) is 4.80. The van der Waals surface area contributed by atoms with Gasteiger partial charge in [0.15, 0.2) is 11.6 Å². The highest BCUT2D eigenvalue weighted by Gasteiger charge is 2.66. The van der Waals surface area contributed by atoms with Crippen LogP contribution in [0.15, 0.2) is 30.5 Å². The second-order valence-electron chi connectivity index (χ2n) is 9.86. The van der Waals surface area contributed by atoms with Crippen molar-refractivity contribution in [1.82, 2.24) is 9.88 Å². The van der Waals surface area contributed by atoms with Gasteiger partial charge >= 0.3 is 12.1 Å². The molecule has 0 radical (unpaired) electrons. The molecule has 3 fully saturated rings. The Hall–Kier alpha value is -3.43. The average Bonchev–Trinajstić information content (AvgIpc) is 2.72. The fourth-order valence-electron chi connectivity index (χ4n) is 4.80. The number of halogens is 3. The number of piperidine rings is 2. The summed E-state index contributed by atoms with van der Waals surface area (Å²) in [7, 11) is 1.08. The number of Topliss-reactive ketones (excluding diaryl/α,β-unsaturated/α-hetero) is 1. The Morgan fingerprint density at radius 1 is 1.14 bits per heavy atom. The number of ether oxygens (including phenoxy) is 2. The van der Waals surface area contributed by atoms with Crippen LogP contribution in [0, 0.1) is 23.4 Å². The smallest absolute Gasteiger partial charge is 0.411 e. The van der Waals surface area contributed by atoms with Crippen LogP contribution in [0.4, 0.5) is 18.0 Å². The van der Waals surface area contributed by atoms with Crippen LogP contribution in [0.25, 0.3) is 11.3 Å². The number of ketones is 1. The summed E-state index contributed by atoms with van der Waals surface area (Å²) >= 11 is 0. The van der Waals surface area contributed by atoms with Crippen LogP contribution in [-0.4, -0.2) is 52.0 Å². The van der Waals surface area contributed by atoms with E-state index in [1.54, 1.807) is 20.8 Å². The summed E-state index contributed by atoms with van der Waals surface area (Å²) in [6.45, 7) is 4.94. The molecule has 2 aromatic rings. The van der Waals surface area contributed by atoms with Gasteiger partial charge in [-0.2, -0.15) is 0 Å². The number of methoxy groups -OCH3 is 1. The first-order chi connectivity index (χ1) is 16.4. The van der Waals surface area contributed by atoms with Crippen molar-refractivity contribution < 1.29 is 37.0 Å². The first kappa shape index (κ1) is 24.7. The predicted molar refractivity (Wildman–Crippen MR) is 118 cm³/mol. The lowest BCUT2D eigenvalue weighted by molar-refractivity contribution is -0.177. The fraction of sp³-hybridized carbons (Fsp3) is 0.440. The van der Waals surface area contributed by atoms with E-state index in [0.717, 1.165) is 24.1 Å². The third-order valence-electron chi connectivity index (χ3n) is 6.33. The monoisotopic (exact) mass is 490 g/mol. The zero-order valence-electron chi connectivity index (χ0n) is 19.7. The van der Waals surface area contributed by atoms with Gasteiger partial charge in [-0.05, 0) is 57.4 Å². The normalized spacial score (nSPS) is 23.5. The molecular formula is C25H25F3N2O5. The van der Waals surface area contributed by atoms with Gasteiger partial charge in [-0.15, -0.1) is 0 Å². The summed E-state index contributed by atoms with van der Waals surface area (Å²) in [6.07, 6.45) is 0.491. The minimum absolute atomic E-state index is 0.145. The molecule has 0 spiro atoms. The third-order valence-corrected chi connectivity index (χ3v) is 6.33. The standard InChI is InChI=1S/C25H25F3N2O5/c1-24(2,3)35-23(33)30-18-9-15(10-18)21(31)25(30,22(32)34-4)12-13-5-6-29-20(19(13)28)14-7-16(26)11-17(27)8-14/h5-8,11,15,18H,9-10,12H2,1-4H3. The summed E-state index contributed by atoms with van der Waals surface area (Å²) in [5, 5.41) is 0. The minimum atomic E-state index is -2.16. The summed E-state index contributed by atoms with van der Waals surface area (Å²) in [4.78, 5) is 44.9. The maximum absolute atomic E-state index is 15.6. The van der Waals surface area contributed by atoms with Crippen molar-refractivity contribution in [2.45, 2.75) is 57.2 Å². The largest absolute Gasteiger partial charge is 0.467 e. The summed E-state index contributed by atoms with van der Waals surface area (Å²) < 4.78 is 53.6. The first-order valence-corrected chi connectivity index (χ1v) is 11.1. The van der Waals surface area contributed by atoms with Crippen LogP contribution in [-0.2, 0) is 25.5 Å². The van der Waals surface area contributed by atoms with Crippen molar-refractivity contribution in [2.24, 2.45) is 5.92 Å². The van der Waals surface area contributed by atoms with Gasteiger partial charge in [0, 0.05) is 36.2 Å². The number of pyridine rings is 1. The van der Waals surface area contributed by atoms with Crippen LogP contribution in [0.3, 0.4) is 0 Å². The SMILES string of the molecule is COC(=O)C1(Cc2ccnc(-c3cc(F)cc(F)c3)c2F)C(=O)C2CC(C2)N1C(=O)OC(C)(C)C. The Balaban J connectivity index is 1.82. The highest BCUT2D eigenvalue weighted by atomic mass is 19.1. The number of benzene rings is 1. The Labute approximate surface area is 200 Å². The van der Waals surface area contributed by atoms with Crippen LogP contribution in [0.5, 0.6) is 0 Å². The van der Waals surface area contributed by atoms with Crippen LogP contribution in [0.2, 0.25) is 0 Å². The zero-order valence-corrected chi connectivity index (χ0v) is 19.7. The molecule has 3 aliphatic rings. The lowest BCUT2D eigenvalue weighted by Gasteiger charge is -2.56. The molecule has 2 aliphatic heterocycles. The van der Waals surface area contributed by atoms with Gasteiger partial charge in [0.2, 0.25) is 5.54 Å². The highest BCUT2D eigenvalue weighted by Crippen LogP contribution is 2.48. The molecule has 10 heteroatoms. The molecule has 1 unspecified atom stereocenters. The van der Waals surface area contributed by atoms with Gasteiger partial charge in [0.1, 0.15) is 22.9 Å². The number of hydrogen-bond donors (Lipinski definition) is 0. The van der Waals surface area contributed by atoms with E-state index in [0.29, 0.717) is 18.9 Å². The van der Waals surface area contributed by atoms with Crippen molar-refractivity contribution in [3.8, 4) is 11.3 Å². The second-order valence-corrected chi connectivity index (χ2v) is 9.86. The molecule has 2 bridgehead atoms. The Morgan fingerprint density at radius 2 is 1.77 bits per heavy atom. The number of aromatic nitrogens is 1. The molecule has 7 nitrogen and oxygen atoms in total. The third kappa shape index (κ3) is 4.26. The first-order valence-electron chi connectivity index (χ1n) is 11.1. The Kier molecular flexibility index (Phi) is 6.11. The molecule has 1 saturated carbocycles. The number of carbonyl (C=O) groups excluding carboxylic acids is 3. The van der Waals surface area contributed by atoms with E-state index in [9.17, 15) is 23.2 Å². The lowest BCUT2D eigenvalue weighted by Crippen LogP contribution is -2.76. The van der Waals surface area contributed by atoms with E-state index in [2.05, 4.69) is 4.98 Å². The molecule has 5 rings (SSSR count). The van der Waals surface area contributed by atoms with E-state index < -0.39 is 64.8 Å². The average molecular weight is 490 g/mol. The zero-order chi connectivity index (χ0) is 25.7. The van der Waals surface area contributed by atoms with Crippen LogP contribution < -0.4 is 0 Å². The van der Waals surface area contributed by atoms with Crippen LogP contribution >= 0.6 is 0 Å². The molecular weight excluding hydrogens is 465 g/mol. The number of carbonyl (C=O) groups is 3. The number of amides is 1. The molecule has 1 atom stereocenters. The number of nitrogens with zero attached hydrogens (tertiary/aromatic N) is 2. The Bertz CT molecular complexity index is 1190. The van der Waals surface area contributed by atoms with Gasteiger partial charge in [0.05, 0.1) is 7.11 Å². The van der Waals surface area contributed by atoms with Gasteiger partial charge in [-0.1, -0.05) is 0 Å². The number of fused-ring (bicyclic) bond motifs is 2. The number of rotatable bonds is 4. The molecule has 35 heavy (non-hydrogen) atoms. The van der Waals surface area contributed by atoms with E-state index >= 15 is 4.39 Å². The lowest BCUT2D eigenvalue weighted by atomic mass is 9.63. The molecule has 1 aliphatic carbocycles. The van der Waals surface area contributed by atoms with E-state index in [-0.39, 0.29) is 16.8 Å². The molecule has 2 saturated heterocycles. The van der Waals surface area contributed by atoms with E-state index in [1.807, 2.05) is 0 Å². The summed E-state index contributed by atoms with van der Waals surface area (Å²) in [6, 6.07) is 3.27. The van der Waals surface area contributed by atoms with Crippen molar-refractivity contribution in [2.75, 3.05) is 7.11 Å². The molecule has 1 aromatic carbocycles. The van der Waals surface area contributed by atoms with E-state index in [1.165, 1.54) is 12.3 Å². The maximum Gasteiger partial charge on any atom is 0.411 e. The molecule has 1 aromatic heterocycles. The van der Waals surface area contributed by atoms with Gasteiger partial charge in [0.25, 0.3) is 0 Å². The Morgan fingerprint density at radius 3 is 2.34 bits per heavy atom. The van der Waals surface area contributed by atoms with Crippen molar-refractivity contribution in [3.05, 3.63) is 53.5 Å². The summed E-state index contributed by atoms with van der Waals surface area (Å²) in [5.41, 5.74) is -3.74. The van der Waals surface area contributed by atoms with Crippen molar-refractivity contribution >= 4 is 17.8 Å². The quantitative estimate of drug-likeness (QED) is 0.471. The van der Waals surface area contributed by atoms with Crippen molar-refractivity contribution in [1.29, 1.82) is 0 Å². The highest BCUT2D eigenvalue weighted by molar-refractivity contribution is 6.13. The van der Waals surface area contributed by atoms with Gasteiger partial charge < -0.3 is 9.47 Å². The second kappa shape index (κ2) is 8.66. The maximum atomic E-state index is 15.6. The molecule has 0 N–H and O–H groups in total. The molecule has 1 amide bonds. The van der Waals surface area contributed by atoms with Crippen LogP contribution in [0.1, 0.15) is 39.2 Å². The molecule has 186 valence electrons. The van der Waals surface area contributed by atoms with Gasteiger partial charge in [-0.25, -0.2) is 22.8 Å². The van der Waals surface area contributed by atoms with E-state index in [4.69, 9.17) is 9.47 Å². The number of hydrogen-bond acceptors (Lipinski definition) is 6. The molecule has 3 heterocycles. The van der Waals surface area contributed by atoms with Gasteiger partial charge in [-0.3, -0.25) is 14.7 Å². The topological polar surface area (TPSA) is 85.8 Å². The summed E-state index contributed by atoms with van der Waals surface area (Å²) in [5.74, 6) is -4.88. The number of esters is 1. The predicted octanol–water partition coefficient (Wildman–Crippen LogP) is 4.22. The van der Waals surface area contributed by atoms with Crippen molar-refractivity contribution in [3.63, 3.8) is 0 Å².